The summed E-state index contributed by atoms with van der Waals surface area (Å²) in [5.74, 6) is 1.65. The maximum atomic E-state index is 6.27. The molecule has 1 aliphatic rings. The maximum absolute atomic E-state index is 6.27. The van der Waals surface area contributed by atoms with Crippen LogP contribution in [0.15, 0.2) is 0 Å². The van der Waals surface area contributed by atoms with Crippen molar-refractivity contribution in [2.75, 3.05) is 13.1 Å². The van der Waals surface area contributed by atoms with Crippen LogP contribution in [0.25, 0.3) is 0 Å². The summed E-state index contributed by atoms with van der Waals surface area (Å²) in [6, 6.07) is 0.601. The van der Waals surface area contributed by atoms with Crippen molar-refractivity contribution in [1.82, 2.24) is 4.90 Å². The fourth-order valence-electron chi connectivity index (χ4n) is 3.82. The monoisotopic (exact) mass is 268 g/mol. The van der Waals surface area contributed by atoms with Crippen molar-refractivity contribution in [3.05, 3.63) is 0 Å². The first-order valence-electron chi connectivity index (χ1n) is 8.42. The SMILES string of the molecule is CCC1CCCC(CN)(N(CC(C)C)C(C)C)CC1. The van der Waals surface area contributed by atoms with Gasteiger partial charge in [-0.3, -0.25) is 4.90 Å². The van der Waals surface area contributed by atoms with Crippen molar-refractivity contribution in [2.45, 2.75) is 84.7 Å². The number of rotatable bonds is 6. The molecule has 0 saturated heterocycles. The highest BCUT2D eigenvalue weighted by Gasteiger charge is 2.38. The molecule has 2 N–H and O–H groups in total. The molecule has 0 aliphatic heterocycles. The highest BCUT2D eigenvalue weighted by Crippen LogP contribution is 2.36. The molecular formula is C17H36N2. The molecule has 1 saturated carbocycles. The molecule has 1 aliphatic carbocycles. The van der Waals surface area contributed by atoms with Crippen LogP contribution in [-0.2, 0) is 0 Å². The Morgan fingerprint density at radius 3 is 2.32 bits per heavy atom. The van der Waals surface area contributed by atoms with Crippen LogP contribution in [0.1, 0.15) is 73.1 Å². The average molecular weight is 268 g/mol. The van der Waals surface area contributed by atoms with E-state index in [0.29, 0.717) is 6.04 Å². The molecule has 0 aromatic heterocycles. The molecule has 0 heterocycles. The van der Waals surface area contributed by atoms with Gasteiger partial charge in [-0.25, -0.2) is 0 Å². The highest BCUT2D eigenvalue weighted by atomic mass is 15.2. The summed E-state index contributed by atoms with van der Waals surface area (Å²) >= 11 is 0. The lowest BCUT2D eigenvalue weighted by Gasteiger charge is -2.46. The number of hydrogen-bond donors (Lipinski definition) is 1. The Bertz CT molecular complexity index is 250. The minimum atomic E-state index is 0.266. The molecule has 1 rings (SSSR count). The minimum absolute atomic E-state index is 0.266. The van der Waals surface area contributed by atoms with Gasteiger partial charge in [0.05, 0.1) is 0 Å². The third kappa shape index (κ3) is 4.46. The quantitative estimate of drug-likeness (QED) is 0.737. The van der Waals surface area contributed by atoms with Gasteiger partial charge < -0.3 is 5.73 Å². The summed E-state index contributed by atoms with van der Waals surface area (Å²) in [5, 5.41) is 0. The van der Waals surface area contributed by atoms with Gasteiger partial charge in [0.15, 0.2) is 0 Å². The van der Waals surface area contributed by atoms with E-state index in [1.807, 2.05) is 0 Å². The fourth-order valence-corrected chi connectivity index (χ4v) is 3.82. The van der Waals surface area contributed by atoms with Gasteiger partial charge in [-0.2, -0.15) is 0 Å². The molecule has 0 aromatic rings. The second kappa shape index (κ2) is 7.64. The summed E-state index contributed by atoms with van der Waals surface area (Å²) in [6.07, 6.45) is 8.07. The summed E-state index contributed by atoms with van der Waals surface area (Å²) in [5.41, 5.74) is 6.53. The van der Waals surface area contributed by atoms with Gasteiger partial charge in [-0.05, 0) is 44.9 Å². The van der Waals surface area contributed by atoms with Crippen LogP contribution in [0.3, 0.4) is 0 Å². The van der Waals surface area contributed by atoms with Crippen LogP contribution in [0.5, 0.6) is 0 Å². The lowest BCUT2D eigenvalue weighted by atomic mass is 9.85. The van der Waals surface area contributed by atoms with E-state index >= 15 is 0 Å². The smallest absolute Gasteiger partial charge is 0.0334 e. The van der Waals surface area contributed by atoms with Gasteiger partial charge in [0.25, 0.3) is 0 Å². The van der Waals surface area contributed by atoms with Crippen LogP contribution >= 0.6 is 0 Å². The first-order chi connectivity index (χ1) is 8.95. The molecule has 2 unspecified atom stereocenters. The Morgan fingerprint density at radius 2 is 1.84 bits per heavy atom. The van der Waals surface area contributed by atoms with Crippen molar-refractivity contribution in [3.8, 4) is 0 Å². The first-order valence-corrected chi connectivity index (χ1v) is 8.42. The van der Waals surface area contributed by atoms with E-state index in [1.54, 1.807) is 0 Å². The summed E-state index contributed by atoms with van der Waals surface area (Å²) in [4.78, 5) is 2.72. The van der Waals surface area contributed by atoms with Crippen molar-refractivity contribution in [3.63, 3.8) is 0 Å². The molecule has 0 spiro atoms. The second-order valence-electron chi connectivity index (χ2n) is 7.27. The molecule has 114 valence electrons. The van der Waals surface area contributed by atoms with Gasteiger partial charge in [0, 0.05) is 24.7 Å². The van der Waals surface area contributed by atoms with Crippen LogP contribution in [0, 0.1) is 11.8 Å². The first kappa shape index (κ1) is 17.0. The van der Waals surface area contributed by atoms with E-state index in [4.69, 9.17) is 5.73 Å². The van der Waals surface area contributed by atoms with Gasteiger partial charge in [-0.15, -0.1) is 0 Å². The van der Waals surface area contributed by atoms with Crippen LogP contribution < -0.4 is 5.73 Å². The van der Waals surface area contributed by atoms with E-state index in [0.717, 1.165) is 18.4 Å². The van der Waals surface area contributed by atoms with Gasteiger partial charge in [-0.1, -0.05) is 40.0 Å². The Kier molecular flexibility index (Phi) is 6.82. The largest absolute Gasteiger partial charge is 0.329 e. The second-order valence-corrected chi connectivity index (χ2v) is 7.27. The summed E-state index contributed by atoms with van der Waals surface area (Å²) in [6.45, 7) is 13.7. The number of nitrogens with two attached hydrogens (primary N) is 1. The minimum Gasteiger partial charge on any atom is -0.329 e. The normalized spacial score (nSPS) is 29.2. The van der Waals surface area contributed by atoms with E-state index in [-0.39, 0.29) is 5.54 Å². The third-order valence-corrected chi connectivity index (χ3v) is 5.02. The fraction of sp³-hybridized carbons (Fsp3) is 1.00. The Hall–Kier alpha value is -0.0800. The Morgan fingerprint density at radius 1 is 1.16 bits per heavy atom. The summed E-state index contributed by atoms with van der Waals surface area (Å²) in [7, 11) is 0. The van der Waals surface area contributed by atoms with Crippen LogP contribution in [0.2, 0.25) is 0 Å². The van der Waals surface area contributed by atoms with Crippen LogP contribution in [0.4, 0.5) is 0 Å². The zero-order chi connectivity index (χ0) is 14.5. The standard InChI is InChI=1S/C17H36N2/c1-6-16-8-7-10-17(13-18,11-9-16)19(15(4)5)12-14(2)3/h14-16H,6-13,18H2,1-5H3. The average Bonchev–Trinajstić information content (AvgIpc) is 2.58. The van der Waals surface area contributed by atoms with E-state index < -0.39 is 0 Å². The zero-order valence-electron chi connectivity index (χ0n) is 13.9. The highest BCUT2D eigenvalue weighted by molar-refractivity contribution is 4.95. The molecule has 0 bridgehead atoms. The molecule has 0 amide bonds. The van der Waals surface area contributed by atoms with Crippen molar-refractivity contribution < 1.29 is 0 Å². The molecular weight excluding hydrogens is 232 g/mol. The third-order valence-electron chi connectivity index (χ3n) is 5.02. The molecule has 2 nitrogen and oxygen atoms in total. The molecule has 2 atom stereocenters. The number of nitrogens with zero attached hydrogens (tertiary/aromatic N) is 1. The predicted octanol–water partition coefficient (Wildman–Crippen LogP) is 4.04. The van der Waals surface area contributed by atoms with Gasteiger partial charge >= 0.3 is 0 Å². The molecule has 19 heavy (non-hydrogen) atoms. The van der Waals surface area contributed by atoms with Crippen molar-refractivity contribution >= 4 is 0 Å². The molecule has 1 fully saturated rings. The molecule has 2 heteroatoms. The topological polar surface area (TPSA) is 29.3 Å². The van der Waals surface area contributed by atoms with E-state index in [1.165, 1.54) is 45.1 Å². The van der Waals surface area contributed by atoms with Crippen molar-refractivity contribution in [2.24, 2.45) is 17.6 Å². The van der Waals surface area contributed by atoms with E-state index in [2.05, 4.69) is 39.5 Å². The lowest BCUT2D eigenvalue weighted by Crippen LogP contribution is -2.57. The Balaban J connectivity index is 2.86. The van der Waals surface area contributed by atoms with Gasteiger partial charge in [0.1, 0.15) is 0 Å². The summed E-state index contributed by atoms with van der Waals surface area (Å²) < 4.78 is 0. The van der Waals surface area contributed by atoms with E-state index in [9.17, 15) is 0 Å². The van der Waals surface area contributed by atoms with Crippen molar-refractivity contribution in [1.29, 1.82) is 0 Å². The molecule has 0 aromatic carbocycles. The maximum Gasteiger partial charge on any atom is 0.0334 e. The zero-order valence-corrected chi connectivity index (χ0v) is 13.9. The van der Waals surface area contributed by atoms with Gasteiger partial charge in [0.2, 0.25) is 0 Å². The lowest BCUT2D eigenvalue weighted by molar-refractivity contribution is 0.0359. The van der Waals surface area contributed by atoms with Crippen LogP contribution in [-0.4, -0.2) is 29.6 Å². The predicted molar refractivity (Wildman–Crippen MR) is 85.3 cm³/mol. The number of hydrogen-bond acceptors (Lipinski definition) is 2. The molecule has 0 radical (unpaired) electrons. The Labute approximate surface area is 121 Å².